The monoisotopic (exact) mass is 380 g/mol. The van der Waals surface area contributed by atoms with E-state index in [4.69, 9.17) is 9.26 Å². The average molecular weight is 380 g/mol. The molecule has 7 heteroatoms. The van der Waals surface area contributed by atoms with E-state index in [-0.39, 0.29) is 18.4 Å². The van der Waals surface area contributed by atoms with E-state index >= 15 is 0 Å². The Morgan fingerprint density at radius 1 is 1.18 bits per heavy atom. The first-order valence-corrected chi connectivity index (χ1v) is 9.17. The third kappa shape index (κ3) is 4.73. The zero-order valence-electron chi connectivity index (χ0n) is 16.5. The van der Waals surface area contributed by atoms with E-state index in [1.165, 1.54) is 0 Å². The second-order valence-electron chi connectivity index (χ2n) is 7.04. The lowest BCUT2D eigenvalue weighted by atomic mass is 10.0. The summed E-state index contributed by atoms with van der Waals surface area (Å²) in [7, 11) is 0. The van der Waals surface area contributed by atoms with Gasteiger partial charge in [-0.15, -0.1) is 0 Å². The SMILES string of the molecule is Cc1ccc(C)c(OCC(=O)NC(c2nc(-c3ccncc3)no2)C(C)C)c1. The number of aryl methyl sites for hydroxylation is 2. The third-order valence-electron chi connectivity index (χ3n) is 4.33. The number of ether oxygens (including phenoxy) is 1. The number of carbonyl (C=O) groups is 1. The van der Waals surface area contributed by atoms with Gasteiger partial charge in [0.15, 0.2) is 6.61 Å². The standard InChI is InChI=1S/C21H24N4O3/c1-13(2)19(21-24-20(25-28-21)16-7-9-22-10-8-16)23-18(26)12-27-17-11-14(3)5-6-15(17)4/h5-11,13,19H,12H2,1-4H3,(H,23,26). The molecule has 7 nitrogen and oxygen atoms in total. The van der Waals surface area contributed by atoms with Crippen LogP contribution in [0.5, 0.6) is 5.75 Å². The van der Waals surface area contributed by atoms with Crippen molar-refractivity contribution in [3.63, 3.8) is 0 Å². The molecular formula is C21H24N4O3. The van der Waals surface area contributed by atoms with Crippen LogP contribution in [0.4, 0.5) is 0 Å². The molecule has 1 atom stereocenters. The van der Waals surface area contributed by atoms with E-state index in [9.17, 15) is 4.79 Å². The van der Waals surface area contributed by atoms with E-state index in [2.05, 4.69) is 20.4 Å². The van der Waals surface area contributed by atoms with Gasteiger partial charge in [-0.3, -0.25) is 9.78 Å². The Hall–Kier alpha value is -3.22. The fourth-order valence-electron chi connectivity index (χ4n) is 2.71. The van der Waals surface area contributed by atoms with Gasteiger partial charge in [0.1, 0.15) is 11.8 Å². The quantitative estimate of drug-likeness (QED) is 0.673. The number of rotatable bonds is 7. The molecule has 2 aromatic heterocycles. The Morgan fingerprint density at radius 2 is 1.93 bits per heavy atom. The van der Waals surface area contributed by atoms with Gasteiger partial charge in [-0.05, 0) is 49.1 Å². The van der Waals surface area contributed by atoms with Gasteiger partial charge < -0.3 is 14.6 Å². The molecule has 3 aromatic rings. The number of nitrogens with one attached hydrogen (secondary N) is 1. The molecule has 1 N–H and O–H groups in total. The number of pyridine rings is 1. The zero-order chi connectivity index (χ0) is 20.1. The van der Waals surface area contributed by atoms with Gasteiger partial charge >= 0.3 is 0 Å². The second-order valence-corrected chi connectivity index (χ2v) is 7.04. The Morgan fingerprint density at radius 3 is 2.64 bits per heavy atom. The van der Waals surface area contributed by atoms with Crippen molar-refractivity contribution in [2.75, 3.05) is 6.61 Å². The molecule has 1 amide bonds. The van der Waals surface area contributed by atoms with Crippen LogP contribution < -0.4 is 10.1 Å². The first-order valence-electron chi connectivity index (χ1n) is 9.17. The number of carbonyl (C=O) groups excluding carboxylic acids is 1. The van der Waals surface area contributed by atoms with Gasteiger partial charge in [0.2, 0.25) is 11.7 Å². The van der Waals surface area contributed by atoms with E-state index in [0.717, 1.165) is 16.7 Å². The highest BCUT2D eigenvalue weighted by molar-refractivity contribution is 5.78. The first-order chi connectivity index (χ1) is 13.4. The lowest BCUT2D eigenvalue weighted by Crippen LogP contribution is -2.35. The minimum atomic E-state index is -0.405. The van der Waals surface area contributed by atoms with Gasteiger partial charge in [0, 0.05) is 18.0 Å². The predicted molar refractivity (Wildman–Crippen MR) is 105 cm³/mol. The molecule has 0 aliphatic heterocycles. The molecule has 0 aliphatic rings. The van der Waals surface area contributed by atoms with Gasteiger partial charge in [-0.1, -0.05) is 31.1 Å². The molecule has 28 heavy (non-hydrogen) atoms. The maximum Gasteiger partial charge on any atom is 0.258 e. The van der Waals surface area contributed by atoms with Crippen LogP contribution in [0.3, 0.4) is 0 Å². The zero-order valence-corrected chi connectivity index (χ0v) is 16.5. The first kappa shape index (κ1) is 19.5. The molecule has 0 fully saturated rings. The van der Waals surface area contributed by atoms with E-state index in [1.54, 1.807) is 24.5 Å². The third-order valence-corrected chi connectivity index (χ3v) is 4.33. The van der Waals surface area contributed by atoms with Gasteiger partial charge in [-0.25, -0.2) is 0 Å². The number of hydrogen-bond donors (Lipinski definition) is 1. The minimum absolute atomic E-state index is 0.0652. The molecule has 0 saturated heterocycles. The van der Waals surface area contributed by atoms with E-state index < -0.39 is 6.04 Å². The summed E-state index contributed by atoms with van der Waals surface area (Å²) in [5.41, 5.74) is 2.87. The number of nitrogens with zero attached hydrogens (tertiary/aromatic N) is 3. The molecule has 2 heterocycles. The summed E-state index contributed by atoms with van der Waals surface area (Å²) in [5.74, 6) is 1.35. The van der Waals surface area contributed by atoms with Gasteiger partial charge in [0.25, 0.3) is 5.91 Å². The van der Waals surface area contributed by atoms with Crippen molar-refractivity contribution in [1.29, 1.82) is 0 Å². The van der Waals surface area contributed by atoms with Gasteiger partial charge in [-0.2, -0.15) is 4.98 Å². The highest BCUT2D eigenvalue weighted by atomic mass is 16.5. The summed E-state index contributed by atoms with van der Waals surface area (Å²) in [6, 6.07) is 9.09. The molecule has 0 saturated carbocycles. The van der Waals surface area contributed by atoms with Crippen LogP contribution in [0.2, 0.25) is 0 Å². The molecule has 1 aromatic carbocycles. The summed E-state index contributed by atoms with van der Waals surface area (Å²) in [6.45, 7) is 7.80. The normalized spacial score (nSPS) is 12.0. The molecular weight excluding hydrogens is 356 g/mol. The largest absolute Gasteiger partial charge is 0.483 e. The number of hydrogen-bond acceptors (Lipinski definition) is 6. The Bertz CT molecular complexity index is 938. The summed E-state index contributed by atoms with van der Waals surface area (Å²) in [4.78, 5) is 20.9. The molecule has 0 spiro atoms. The predicted octanol–water partition coefficient (Wildman–Crippen LogP) is 3.64. The van der Waals surface area contributed by atoms with E-state index in [1.807, 2.05) is 45.9 Å². The topological polar surface area (TPSA) is 90.1 Å². The summed E-state index contributed by atoms with van der Waals surface area (Å²) in [5, 5.41) is 6.94. The van der Waals surface area contributed by atoms with Crippen LogP contribution in [0, 0.1) is 19.8 Å². The minimum Gasteiger partial charge on any atom is -0.483 e. The molecule has 0 aliphatic carbocycles. The van der Waals surface area contributed by atoms with Crippen LogP contribution in [0.15, 0.2) is 47.2 Å². The summed E-state index contributed by atoms with van der Waals surface area (Å²) in [6.07, 6.45) is 3.33. The molecule has 0 radical (unpaired) electrons. The van der Waals surface area contributed by atoms with Crippen LogP contribution in [-0.2, 0) is 4.79 Å². The lowest BCUT2D eigenvalue weighted by Gasteiger charge is -2.19. The number of aromatic nitrogens is 3. The molecule has 1 unspecified atom stereocenters. The van der Waals surface area contributed by atoms with Crippen molar-refractivity contribution >= 4 is 5.91 Å². The smallest absolute Gasteiger partial charge is 0.258 e. The highest BCUT2D eigenvalue weighted by Gasteiger charge is 2.25. The lowest BCUT2D eigenvalue weighted by molar-refractivity contribution is -0.124. The molecule has 146 valence electrons. The maximum absolute atomic E-state index is 12.4. The van der Waals surface area contributed by atoms with Crippen LogP contribution in [0.1, 0.15) is 36.9 Å². The Labute approximate surface area is 164 Å². The second kappa shape index (κ2) is 8.65. The van der Waals surface area contributed by atoms with Crippen molar-refractivity contribution in [2.24, 2.45) is 5.92 Å². The summed E-state index contributed by atoms with van der Waals surface area (Å²) < 4.78 is 11.1. The van der Waals surface area contributed by atoms with Crippen LogP contribution in [-0.4, -0.2) is 27.6 Å². The molecule has 0 bridgehead atoms. The Kier molecular flexibility index (Phi) is 6.03. The maximum atomic E-state index is 12.4. The summed E-state index contributed by atoms with van der Waals surface area (Å²) >= 11 is 0. The van der Waals surface area contributed by atoms with Crippen LogP contribution in [0.25, 0.3) is 11.4 Å². The van der Waals surface area contributed by atoms with Crippen molar-refractivity contribution in [2.45, 2.75) is 33.7 Å². The van der Waals surface area contributed by atoms with Crippen LogP contribution >= 0.6 is 0 Å². The average Bonchev–Trinajstić information content (AvgIpc) is 3.17. The fraction of sp³-hybridized carbons (Fsp3) is 0.333. The van der Waals surface area contributed by atoms with Crippen molar-refractivity contribution in [1.82, 2.24) is 20.4 Å². The van der Waals surface area contributed by atoms with Crippen molar-refractivity contribution < 1.29 is 14.1 Å². The fourth-order valence-corrected chi connectivity index (χ4v) is 2.71. The van der Waals surface area contributed by atoms with E-state index in [0.29, 0.717) is 17.5 Å². The van der Waals surface area contributed by atoms with Crippen molar-refractivity contribution in [3.8, 4) is 17.1 Å². The van der Waals surface area contributed by atoms with Crippen molar-refractivity contribution in [3.05, 3.63) is 59.7 Å². The van der Waals surface area contributed by atoms with Gasteiger partial charge in [0.05, 0.1) is 0 Å². The number of benzene rings is 1. The highest BCUT2D eigenvalue weighted by Crippen LogP contribution is 2.23. The molecule has 3 rings (SSSR count). The Balaban J connectivity index is 1.67. The number of amides is 1.